The molecule has 1 aromatic carbocycles. The van der Waals surface area contributed by atoms with Gasteiger partial charge < -0.3 is 5.32 Å². The van der Waals surface area contributed by atoms with Gasteiger partial charge in [-0.1, -0.05) is 11.6 Å². The fourth-order valence-corrected chi connectivity index (χ4v) is 1.29. The van der Waals surface area contributed by atoms with Crippen molar-refractivity contribution >= 4 is 6.41 Å². The molecular formula is C10H10F3NO. The molecule has 0 saturated carbocycles. The van der Waals surface area contributed by atoms with Crippen LogP contribution in [0.4, 0.5) is 13.2 Å². The van der Waals surface area contributed by atoms with E-state index in [0.717, 1.165) is 12.1 Å². The molecule has 0 radical (unpaired) electrons. The molecule has 0 aromatic heterocycles. The van der Waals surface area contributed by atoms with Gasteiger partial charge in [0.2, 0.25) is 6.41 Å². The van der Waals surface area contributed by atoms with Gasteiger partial charge in [-0.25, -0.2) is 0 Å². The van der Waals surface area contributed by atoms with E-state index >= 15 is 0 Å². The van der Waals surface area contributed by atoms with Gasteiger partial charge >= 0.3 is 6.18 Å². The SMILES string of the molecule is Cc1cc(CNC=O)cc(C(F)(F)F)c1. The summed E-state index contributed by atoms with van der Waals surface area (Å²) in [5.74, 6) is 0. The minimum absolute atomic E-state index is 0.105. The predicted octanol–water partition coefficient (Wildman–Crippen LogP) is 2.26. The molecule has 1 N–H and O–H groups in total. The van der Waals surface area contributed by atoms with E-state index < -0.39 is 11.7 Å². The normalized spacial score (nSPS) is 11.2. The minimum Gasteiger partial charge on any atom is -0.355 e. The summed E-state index contributed by atoms with van der Waals surface area (Å²) in [6.07, 6.45) is -3.89. The molecule has 0 aliphatic carbocycles. The Morgan fingerprint density at radius 2 is 2.00 bits per heavy atom. The summed E-state index contributed by atoms with van der Waals surface area (Å²) in [6, 6.07) is 3.71. The Morgan fingerprint density at radius 1 is 1.33 bits per heavy atom. The number of alkyl halides is 3. The zero-order valence-electron chi connectivity index (χ0n) is 8.06. The van der Waals surface area contributed by atoms with Crippen molar-refractivity contribution in [1.82, 2.24) is 5.32 Å². The monoisotopic (exact) mass is 217 g/mol. The highest BCUT2D eigenvalue weighted by molar-refractivity contribution is 5.46. The maximum Gasteiger partial charge on any atom is 0.416 e. The number of benzene rings is 1. The average molecular weight is 217 g/mol. The third-order valence-corrected chi connectivity index (χ3v) is 1.85. The predicted molar refractivity (Wildman–Crippen MR) is 49.1 cm³/mol. The molecule has 1 aromatic rings. The number of rotatable bonds is 3. The zero-order chi connectivity index (χ0) is 11.5. The average Bonchev–Trinajstić information content (AvgIpc) is 2.12. The van der Waals surface area contributed by atoms with Crippen LogP contribution in [0.2, 0.25) is 0 Å². The van der Waals surface area contributed by atoms with Crippen LogP contribution in [0, 0.1) is 6.92 Å². The molecule has 0 heterocycles. The van der Waals surface area contributed by atoms with E-state index in [9.17, 15) is 18.0 Å². The Kier molecular flexibility index (Phi) is 3.34. The third-order valence-electron chi connectivity index (χ3n) is 1.85. The Bertz CT molecular complexity index is 360. The summed E-state index contributed by atoms with van der Waals surface area (Å²) < 4.78 is 37.1. The summed E-state index contributed by atoms with van der Waals surface area (Å²) in [5, 5.41) is 2.32. The van der Waals surface area contributed by atoms with Crippen LogP contribution >= 0.6 is 0 Å². The topological polar surface area (TPSA) is 29.1 Å². The van der Waals surface area contributed by atoms with Gasteiger partial charge in [0.05, 0.1) is 5.56 Å². The first-order valence-corrected chi connectivity index (χ1v) is 4.28. The standard InChI is InChI=1S/C10H10F3NO/c1-7-2-8(5-14-6-15)4-9(3-7)10(11,12)13/h2-4,6H,5H2,1H3,(H,14,15). The van der Waals surface area contributed by atoms with Crippen LogP contribution in [-0.2, 0) is 17.5 Å². The number of aryl methyl sites for hydroxylation is 1. The number of carbonyl (C=O) groups excluding carboxylic acids is 1. The summed E-state index contributed by atoms with van der Waals surface area (Å²) in [4.78, 5) is 10.0. The van der Waals surface area contributed by atoms with Gasteiger partial charge in [0.15, 0.2) is 0 Å². The number of halogens is 3. The molecule has 5 heteroatoms. The van der Waals surface area contributed by atoms with Crippen molar-refractivity contribution in [2.45, 2.75) is 19.6 Å². The smallest absolute Gasteiger partial charge is 0.355 e. The van der Waals surface area contributed by atoms with E-state index in [1.807, 2.05) is 0 Å². The summed E-state index contributed by atoms with van der Waals surface area (Å²) in [5.41, 5.74) is 0.271. The van der Waals surface area contributed by atoms with E-state index in [1.165, 1.54) is 0 Å². The van der Waals surface area contributed by atoms with Crippen LogP contribution in [0.5, 0.6) is 0 Å². The molecule has 1 amide bonds. The second-order valence-corrected chi connectivity index (χ2v) is 3.20. The van der Waals surface area contributed by atoms with Crippen LogP contribution in [0.3, 0.4) is 0 Å². The second-order valence-electron chi connectivity index (χ2n) is 3.20. The fraction of sp³-hybridized carbons (Fsp3) is 0.300. The van der Waals surface area contributed by atoms with Gasteiger partial charge in [0.25, 0.3) is 0 Å². The van der Waals surface area contributed by atoms with Crippen LogP contribution < -0.4 is 5.32 Å². The quantitative estimate of drug-likeness (QED) is 0.773. The Morgan fingerprint density at radius 3 is 2.53 bits per heavy atom. The molecule has 0 aliphatic rings. The van der Waals surface area contributed by atoms with Crippen molar-refractivity contribution in [3.8, 4) is 0 Å². The molecule has 1 rings (SSSR count). The van der Waals surface area contributed by atoms with Crippen molar-refractivity contribution in [3.05, 3.63) is 34.9 Å². The van der Waals surface area contributed by atoms with Crippen molar-refractivity contribution in [2.75, 3.05) is 0 Å². The molecule has 0 saturated heterocycles. The summed E-state index contributed by atoms with van der Waals surface area (Å²) >= 11 is 0. The van der Waals surface area contributed by atoms with Crippen molar-refractivity contribution in [3.63, 3.8) is 0 Å². The van der Waals surface area contributed by atoms with Gasteiger partial charge in [-0.15, -0.1) is 0 Å². The molecule has 0 spiro atoms. The lowest BCUT2D eigenvalue weighted by Gasteiger charge is -2.10. The van der Waals surface area contributed by atoms with Gasteiger partial charge in [-0.2, -0.15) is 13.2 Å². The number of carbonyl (C=O) groups is 1. The lowest BCUT2D eigenvalue weighted by atomic mass is 10.1. The largest absolute Gasteiger partial charge is 0.416 e. The van der Waals surface area contributed by atoms with E-state index in [0.29, 0.717) is 17.5 Å². The first kappa shape index (κ1) is 11.6. The lowest BCUT2D eigenvalue weighted by molar-refractivity contribution is -0.137. The van der Waals surface area contributed by atoms with Crippen LogP contribution in [0.25, 0.3) is 0 Å². The van der Waals surface area contributed by atoms with E-state index in [-0.39, 0.29) is 6.54 Å². The van der Waals surface area contributed by atoms with Crippen molar-refractivity contribution < 1.29 is 18.0 Å². The Labute approximate surface area is 85.1 Å². The zero-order valence-corrected chi connectivity index (χ0v) is 8.06. The van der Waals surface area contributed by atoms with E-state index in [4.69, 9.17) is 0 Å². The van der Waals surface area contributed by atoms with Gasteiger partial charge in [-0.3, -0.25) is 4.79 Å². The molecule has 0 fully saturated rings. The number of amides is 1. The first-order valence-electron chi connectivity index (χ1n) is 4.28. The summed E-state index contributed by atoms with van der Waals surface area (Å²) in [6.45, 7) is 1.69. The minimum atomic E-state index is -4.35. The van der Waals surface area contributed by atoms with Crippen LogP contribution in [0.15, 0.2) is 18.2 Å². The Hall–Kier alpha value is -1.52. The molecule has 0 aliphatic heterocycles. The Balaban J connectivity index is 3.00. The molecule has 0 unspecified atom stereocenters. The van der Waals surface area contributed by atoms with E-state index in [1.54, 1.807) is 13.0 Å². The molecule has 0 atom stereocenters. The highest BCUT2D eigenvalue weighted by Gasteiger charge is 2.30. The maximum atomic E-state index is 12.4. The van der Waals surface area contributed by atoms with Crippen molar-refractivity contribution in [2.24, 2.45) is 0 Å². The molecule has 0 bridgehead atoms. The fourth-order valence-electron chi connectivity index (χ4n) is 1.29. The molecule has 82 valence electrons. The third kappa shape index (κ3) is 3.27. The van der Waals surface area contributed by atoms with Crippen molar-refractivity contribution in [1.29, 1.82) is 0 Å². The number of nitrogens with one attached hydrogen (secondary N) is 1. The highest BCUT2D eigenvalue weighted by atomic mass is 19.4. The highest BCUT2D eigenvalue weighted by Crippen LogP contribution is 2.30. The van der Waals surface area contributed by atoms with Crippen LogP contribution in [0.1, 0.15) is 16.7 Å². The van der Waals surface area contributed by atoms with E-state index in [2.05, 4.69) is 5.32 Å². The lowest BCUT2D eigenvalue weighted by Crippen LogP contribution is -2.12. The van der Waals surface area contributed by atoms with Crippen LogP contribution in [-0.4, -0.2) is 6.41 Å². The number of hydrogen-bond donors (Lipinski definition) is 1. The first-order chi connectivity index (χ1) is 6.93. The molecular weight excluding hydrogens is 207 g/mol. The molecule has 15 heavy (non-hydrogen) atoms. The summed E-state index contributed by atoms with van der Waals surface area (Å²) in [7, 11) is 0. The maximum absolute atomic E-state index is 12.4. The second kappa shape index (κ2) is 4.33. The van der Waals surface area contributed by atoms with Gasteiger partial charge in [-0.05, 0) is 24.6 Å². The van der Waals surface area contributed by atoms with Gasteiger partial charge in [0.1, 0.15) is 0 Å². The number of hydrogen-bond acceptors (Lipinski definition) is 1. The van der Waals surface area contributed by atoms with Gasteiger partial charge in [0, 0.05) is 6.54 Å². The molecule has 2 nitrogen and oxygen atoms in total.